The summed E-state index contributed by atoms with van der Waals surface area (Å²) in [6.45, 7) is 15.3. The Morgan fingerprint density at radius 1 is 1.15 bits per heavy atom. The molecule has 0 saturated heterocycles. The molecule has 0 rings (SSSR count). The highest BCUT2D eigenvalue weighted by atomic mass is 28.3. The van der Waals surface area contributed by atoms with Crippen molar-refractivity contribution in [2.75, 3.05) is 6.61 Å². The number of ether oxygens (including phenoxy) is 1. The standard InChI is InChI=1S/C16H32O3Si/c1-8-10-11-13(17)14(12-15(18)19-9-2)20(6,7)16(3,4)5/h14H,8-12H2,1-7H3. The first kappa shape index (κ1) is 19.4. The molecule has 0 bridgehead atoms. The Kier molecular flexibility index (Phi) is 7.70. The van der Waals surface area contributed by atoms with Crippen molar-refractivity contribution in [3.05, 3.63) is 0 Å². The van der Waals surface area contributed by atoms with Gasteiger partial charge in [0, 0.05) is 12.0 Å². The third-order valence-corrected chi connectivity index (χ3v) is 10.8. The lowest BCUT2D eigenvalue weighted by Gasteiger charge is -2.42. The minimum Gasteiger partial charge on any atom is -0.466 e. The van der Waals surface area contributed by atoms with Crippen molar-refractivity contribution in [3.63, 3.8) is 0 Å². The molecule has 4 heteroatoms. The van der Waals surface area contributed by atoms with Gasteiger partial charge >= 0.3 is 5.97 Å². The van der Waals surface area contributed by atoms with Crippen LogP contribution in [0.4, 0.5) is 0 Å². The third-order valence-electron chi connectivity index (χ3n) is 4.65. The molecule has 3 nitrogen and oxygen atoms in total. The van der Waals surface area contributed by atoms with Gasteiger partial charge in [0.15, 0.2) is 0 Å². The van der Waals surface area contributed by atoms with Crippen molar-refractivity contribution in [2.24, 2.45) is 0 Å². The predicted molar refractivity (Wildman–Crippen MR) is 86.7 cm³/mol. The molecule has 20 heavy (non-hydrogen) atoms. The second-order valence-corrected chi connectivity index (χ2v) is 12.7. The second kappa shape index (κ2) is 7.96. The molecule has 0 amide bonds. The number of unbranched alkanes of at least 4 members (excludes halogenated alkanes) is 1. The van der Waals surface area contributed by atoms with Crippen LogP contribution >= 0.6 is 0 Å². The minimum atomic E-state index is -1.89. The number of carbonyl (C=O) groups excluding carboxylic acids is 2. The van der Waals surface area contributed by atoms with Crippen LogP contribution in [0.25, 0.3) is 0 Å². The Labute approximate surface area is 125 Å². The fourth-order valence-electron chi connectivity index (χ4n) is 2.21. The lowest BCUT2D eigenvalue weighted by atomic mass is 10.1. The van der Waals surface area contributed by atoms with E-state index < -0.39 is 8.07 Å². The number of hydrogen-bond donors (Lipinski definition) is 0. The first-order valence-corrected chi connectivity index (χ1v) is 10.8. The van der Waals surface area contributed by atoms with E-state index in [9.17, 15) is 9.59 Å². The van der Waals surface area contributed by atoms with Gasteiger partial charge < -0.3 is 4.74 Å². The van der Waals surface area contributed by atoms with Crippen molar-refractivity contribution in [2.45, 2.75) is 84.0 Å². The molecular formula is C16H32O3Si. The van der Waals surface area contributed by atoms with Gasteiger partial charge in [-0.25, -0.2) is 0 Å². The van der Waals surface area contributed by atoms with Gasteiger partial charge in [-0.2, -0.15) is 0 Å². The molecule has 0 aromatic rings. The summed E-state index contributed by atoms with van der Waals surface area (Å²) in [5, 5.41) is 0.0893. The molecule has 1 unspecified atom stereocenters. The molecule has 0 saturated carbocycles. The molecular weight excluding hydrogens is 268 g/mol. The highest BCUT2D eigenvalue weighted by Crippen LogP contribution is 2.45. The summed E-state index contributed by atoms with van der Waals surface area (Å²) in [5.41, 5.74) is -0.131. The average molecular weight is 301 g/mol. The van der Waals surface area contributed by atoms with Crippen molar-refractivity contribution >= 4 is 19.8 Å². The topological polar surface area (TPSA) is 43.4 Å². The third kappa shape index (κ3) is 5.39. The highest BCUT2D eigenvalue weighted by Gasteiger charge is 2.45. The Morgan fingerprint density at radius 2 is 1.70 bits per heavy atom. The summed E-state index contributed by atoms with van der Waals surface area (Å²) in [6.07, 6.45) is 2.77. The first-order valence-electron chi connectivity index (χ1n) is 7.76. The van der Waals surface area contributed by atoms with E-state index in [0.29, 0.717) is 13.0 Å². The number of Topliss-reactive ketones (excluding diaryl/α,β-unsaturated/α-hetero) is 1. The predicted octanol–water partition coefficient (Wildman–Crippen LogP) is 4.58. The summed E-state index contributed by atoms with van der Waals surface area (Å²) in [7, 11) is -1.89. The van der Waals surface area contributed by atoms with E-state index in [1.54, 1.807) is 6.92 Å². The van der Waals surface area contributed by atoms with Gasteiger partial charge in [-0.3, -0.25) is 9.59 Å². The monoisotopic (exact) mass is 300 g/mol. The normalized spacial score (nSPS) is 13.9. The minimum absolute atomic E-state index is 0.0893. The van der Waals surface area contributed by atoms with Gasteiger partial charge in [-0.15, -0.1) is 0 Å². The van der Waals surface area contributed by atoms with Gasteiger partial charge in [0.25, 0.3) is 0 Å². The number of ketones is 1. The zero-order valence-electron chi connectivity index (χ0n) is 14.3. The fraction of sp³-hybridized carbons (Fsp3) is 0.875. The molecule has 0 N–H and O–H groups in total. The summed E-state index contributed by atoms with van der Waals surface area (Å²) in [4.78, 5) is 24.4. The van der Waals surface area contributed by atoms with E-state index in [2.05, 4.69) is 40.8 Å². The van der Waals surface area contributed by atoms with Crippen molar-refractivity contribution in [3.8, 4) is 0 Å². The van der Waals surface area contributed by atoms with Crippen molar-refractivity contribution < 1.29 is 14.3 Å². The molecule has 1 atom stereocenters. The van der Waals surface area contributed by atoms with Gasteiger partial charge in [-0.05, 0) is 18.4 Å². The smallest absolute Gasteiger partial charge is 0.306 e. The van der Waals surface area contributed by atoms with Crippen molar-refractivity contribution in [1.29, 1.82) is 0 Å². The van der Waals surface area contributed by atoms with E-state index >= 15 is 0 Å². The Hall–Kier alpha value is -0.643. The molecule has 0 heterocycles. The van der Waals surface area contributed by atoms with E-state index in [1.165, 1.54) is 0 Å². The number of rotatable bonds is 8. The maximum Gasteiger partial charge on any atom is 0.306 e. The van der Waals surface area contributed by atoms with Crippen LogP contribution in [0.1, 0.15) is 60.3 Å². The largest absolute Gasteiger partial charge is 0.466 e. The Balaban J connectivity index is 5.15. The summed E-state index contributed by atoms with van der Waals surface area (Å²) >= 11 is 0. The lowest BCUT2D eigenvalue weighted by molar-refractivity contribution is -0.144. The van der Waals surface area contributed by atoms with Crippen LogP contribution in [0.5, 0.6) is 0 Å². The quantitative estimate of drug-likeness (QED) is 0.487. The maximum absolute atomic E-state index is 12.6. The molecule has 0 aliphatic carbocycles. The zero-order chi connectivity index (χ0) is 16.0. The second-order valence-electron chi connectivity index (χ2n) is 7.10. The molecule has 0 aromatic carbocycles. The van der Waals surface area contributed by atoms with E-state index in [1.807, 2.05) is 0 Å². The van der Waals surface area contributed by atoms with Gasteiger partial charge in [0.2, 0.25) is 0 Å². The molecule has 0 radical (unpaired) electrons. The van der Waals surface area contributed by atoms with Crippen molar-refractivity contribution in [1.82, 2.24) is 0 Å². The molecule has 0 aromatic heterocycles. The lowest BCUT2D eigenvalue weighted by Crippen LogP contribution is -2.46. The van der Waals surface area contributed by atoms with E-state index in [4.69, 9.17) is 4.74 Å². The summed E-state index contributed by atoms with van der Waals surface area (Å²) in [5.74, 6) is 0.0265. The van der Waals surface area contributed by atoms with Crippen LogP contribution in [-0.2, 0) is 14.3 Å². The number of esters is 1. The molecule has 0 aliphatic rings. The van der Waals surface area contributed by atoms with E-state index in [-0.39, 0.29) is 28.8 Å². The fourth-order valence-corrected chi connectivity index (χ4v) is 4.88. The van der Waals surface area contributed by atoms with Gasteiger partial charge in [0.1, 0.15) is 5.78 Å². The molecule has 0 spiro atoms. The zero-order valence-corrected chi connectivity index (χ0v) is 15.3. The van der Waals surface area contributed by atoms with Gasteiger partial charge in [0.05, 0.1) is 21.1 Å². The maximum atomic E-state index is 12.6. The van der Waals surface area contributed by atoms with Crippen LogP contribution in [0, 0.1) is 0 Å². The Bertz CT molecular complexity index is 329. The summed E-state index contributed by atoms with van der Waals surface area (Å²) in [6, 6.07) is 0. The van der Waals surface area contributed by atoms with E-state index in [0.717, 1.165) is 12.8 Å². The number of carbonyl (C=O) groups is 2. The van der Waals surface area contributed by atoms with Crippen LogP contribution in [-0.4, -0.2) is 26.4 Å². The highest BCUT2D eigenvalue weighted by molar-refractivity contribution is 6.84. The SMILES string of the molecule is CCCCC(=O)C(CC(=O)OCC)[Si](C)(C)C(C)(C)C. The van der Waals surface area contributed by atoms with Gasteiger partial charge in [-0.1, -0.05) is 47.2 Å². The summed E-state index contributed by atoms with van der Waals surface area (Å²) < 4.78 is 5.07. The molecule has 0 fully saturated rings. The average Bonchev–Trinajstić information content (AvgIpc) is 2.31. The van der Waals surface area contributed by atoms with Crippen LogP contribution in [0.3, 0.4) is 0 Å². The Morgan fingerprint density at radius 3 is 2.10 bits per heavy atom. The van der Waals surface area contributed by atoms with Crippen LogP contribution < -0.4 is 0 Å². The molecule has 0 aliphatic heterocycles. The first-order chi connectivity index (χ1) is 9.07. The molecule has 118 valence electrons. The van der Waals surface area contributed by atoms with Crippen LogP contribution in [0.15, 0.2) is 0 Å². The number of hydrogen-bond acceptors (Lipinski definition) is 3. The van der Waals surface area contributed by atoms with Crippen LogP contribution in [0.2, 0.25) is 23.7 Å².